The number of ether oxygens (including phenoxy) is 5. The summed E-state index contributed by atoms with van der Waals surface area (Å²) in [6.07, 6.45) is 12.0. The summed E-state index contributed by atoms with van der Waals surface area (Å²) in [6, 6.07) is 51.6. The van der Waals surface area contributed by atoms with Gasteiger partial charge in [0.25, 0.3) is 23.6 Å². The topological polar surface area (TPSA) is 369 Å². The predicted molar refractivity (Wildman–Crippen MR) is 479 cm³/mol. The van der Waals surface area contributed by atoms with Crippen molar-refractivity contribution >= 4 is 75.9 Å². The van der Waals surface area contributed by atoms with E-state index in [0.29, 0.717) is 175 Å². The Labute approximate surface area is 767 Å². The quantitative estimate of drug-likeness (QED) is 0.0519. The lowest BCUT2D eigenvalue weighted by Gasteiger charge is -2.29. The molecule has 0 radical (unpaired) electrons. The van der Waals surface area contributed by atoms with Gasteiger partial charge in [0.1, 0.15) is 78.6 Å². The molecule has 31 nitrogen and oxygen atoms in total. The Morgan fingerprint density at radius 3 is 1.04 bits per heavy atom. The fraction of sp³-hybridized carbons (Fsp3) is 0.363. The van der Waals surface area contributed by atoms with Crippen molar-refractivity contribution in [3.05, 3.63) is 284 Å². The molecule has 4 unspecified atom stereocenters. The summed E-state index contributed by atoms with van der Waals surface area (Å²) in [4.78, 5) is 171. The number of Topliss-reactive ketones (excluding diaryl/α,β-unsaturated/α-hetero) is 8. The molecule has 4 saturated carbocycles. The van der Waals surface area contributed by atoms with Gasteiger partial charge in [-0.15, -0.1) is 5.10 Å². The molecular formula is C102H102N12O19. The van der Waals surface area contributed by atoms with E-state index in [9.17, 15) is 67.4 Å². The Morgan fingerprint density at radius 2 is 0.699 bits per heavy atom. The van der Waals surface area contributed by atoms with Crippen molar-refractivity contribution in [3.63, 3.8) is 0 Å². The zero-order valence-electron chi connectivity index (χ0n) is 73.7. The van der Waals surface area contributed by atoms with E-state index in [1.165, 1.54) is 5.56 Å². The maximum absolute atomic E-state index is 13.0. The van der Waals surface area contributed by atoms with E-state index in [1.807, 2.05) is 114 Å². The van der Waals surface area contributed by atoms with Crippen LogP contribution >= 0.6 is 0 Å². The van der Waals surface area contributed by atoms with Crippen LogP contribution in [0.2, 0.25) is 0 Å². The normalized spacial score (nSPS) is 20.2. The third kappa shape index (κ3) is 21.6. The fourth-order valence-electron chi connectivity index (χ4n) is 19.0. The third-order valence-corrected chi connectivity index (χ3v) is 26.1. The van der Waals surface area contributed by atoms with Crippen LogP contribution in [0.4, 0.5) is 0 Å². The monoisotopic (exact) mass is 1800 g/mol. The van der Waals surface area contributed by atoms with Crippen molar-refractivity contribution in [1.29, 1.82) is 0 Å². The van der Waals surface area contributed by atoms with Crippen LogP contribution in [0.15, 0.2) is 195 Å². The van der Waals surface area contributed by atoms with E-state index in [2.05, 4.69) is 49.7 Å². The van der Waals surface area contributed by atoms with Gasteiger partial charge >= 0.3 is 5.97 Å². The average molecular weight is 1800 g/mol. The Hall–Kier alpha value is -14.2. The number of aromatic nitrogens is 6. The highest BCUT2D eigenvalue weighted by Crippen LogP contribution is 2.41. The number of carbonyl (C=O) groups excluding carboxylic acids is 12. The number of fused-ring (bicyclic) bond motifs is 4. The average Bonchev–Trinajstić information content (AvgIpc) is 1.64. The Bertz CT molecular complexity index is 5870. The van der Waals surface area contributed by atoms with Gasteiger partial charge in [0.15, 0.2) is 23.1 Å². The Kier molecular flexibility index (Phi) is 28.3. The summed E-state index contributed by atoms with van der Waals surface area (Å²) in [5, 5.41) is 25.4. The first kappa shape index (κ1) is 90.8. The molecule has 4 amide bonds. The molecule has 133 heavy (non-hydrogen) atoms. The second-order valence-corrected chi connectivity index (χ2v) is 35.1. The van der Waals surface area contributed by atoms with Gasteiger partial charge in [0.05, 0.1) is 114 Å². The number of benzene rings is 8. The maximum atomic E-state index is 13.0. The molecule has 31 heteroatoms. The molecule has 2 aromatic heterocycles. The highest BCUT2D eigenvalue weighted by atomic mass is 16.5. The number of ketones is 8. The number of likely N-dealkylation sites (tertiary alicyclic amines) is 1. The van der Waals surface area contributed by atoms with Crippen LogP contribution in [0, 0.1) is 0 Å². The molecule has 20 rings (SSSR count). The molecule has 0 spiro atoms. The molecule has 6 aliphatic heterocycles. The molecule has 684 valence electrons. The van der Waals surface area contributed by atoms with Crippen molar-refractivity contribution in [2.24, 2.45) is 0 Å². The SMILES string of the molecule is O=C1CCC(N2Cc3c(OCc4ccc(CN5CCCOCC5)cc4)cccc3C2=O)C(=O)C1.O=C1CCC(N2Cc3c(OCc4ccc(CN5CCC[C@H]5C(=O)O)cc4)cccc3C2=O)C(=O)C1.O=C1CCC(N2Cc3c(OCc4ccc(Cn5ccnn5)cc4)cccc3C2=O)C(=O)C1.O=C1CCC(N2Cc3c(OCc4ccc(Cn5nccn5)cc4)cccc3C2=O)C(=O)C1. The summed E-state index contributed by atoms with van der Waals surface area (Å²) in [5.74, 6) is 0.224. The van der Waals surface area contributed by atoms with Crippen LogP contribution in [0.3, 0.4) is 0 Å². The van der Waals surface area contributed by atoms with E-state index in [1.54, 1.807) is 90.1 Å². The second-order valence-electron chi connectivity index (χ2n) is 35.1. The van der Waals surface area contributed by atoms with Crippen LogP contribution < -0.4 is 18.9 Å². The standard InChI is InChI=1S/C27H28N2O6.C27H30N2O5.2C24H22N4O4/c30-19-10-11-22(24(31)13-19)29-15-21-20(26(29)32)3-1-5-25(21)35-16-18-8-6-17(7-9-18)14-28-12-2-4-23(28)27(33)34;30-21-9-10-24(25(31)15-21)29-17-23-22(27(29)32)3-1-4-26(23)34-18-20-7-5-19(6-8-20)16-28-11-2-13-33-14-12-28;29-18-8-9-21(22(30)12-18)28-14-20-19(24(28)31)2-1-3-23(20)32-15-17-6-4-16(5-7-17)13-27-11-10-25-26-27;29-18-8-9-21(22(30)12-18)27-14-20-19(24(27)31)2-1-3-23(20)32-15-17-6-4-16(5-7-17)13-28-25-10-11-26-28/h1,3,5-9,22-23H,2,4,10-16H2,(H,33,34);1,3-8,24H,2,9-18H2;2*1-7,10-11,21H,8-9,12-15H2/t22?,23-;;;/m0.../s1. The lowest BCUT2D eigenvalue weighted by Crippen LogP contribution is -2.44. The number of nitrogens with zero attached hydrogens (tertiary/aromatic N) is 12. The molecule has 8 aromatic carbocycles. The molecule has 10 aliphatic rings. The number of hydrogen-bond donors (Lipinski definition) is 1. The van der Waals surface area contributed by atoms with Gasteiger partial charge in [-0.1, -0.05) is 127 Å². The van der Waals surface area contributed by atoms with Gasteiger partial charge < -0.3 is 48.4 Å². The number of rotatable bonds is 25. The molecule has 10 aromatic rings. The van der Waals surface area contributed by atoms with Gasteiger partial charge in [0, 0.05) is 109 Å². The van der Waals surface area contributed by atoms with Gasteiger partial charge in [-0.25, -0.2) is 4.68 Å². The lowest BCUT2D eigenvalue weighted by molar-refractivity contribution is -0.142. The van der Waals surface area contributed by atoms with Crippen LogP contribution in [0.1, 0.15) is 205 Å². The number of amides is 4. The van der Waals surface area contributed by atoms with Crippen LogP contribution in [0.5, 0.6) is 23.0 Å². The van der Waals surface area contributed by atoms with Gasteiger partial charge in [-0.3, -0.25) is 72.1 Å². The first-order valence-corrected chi connectivity index (χ1v) is 45.3. The number of aliphatic carboxylic acids is 1. The van der Waals surface area contributed by atoms with E-state index in [0.717, 1.165) is 113 Å². The maximum Gasteiger partial charge on any atom is 0.320 e. The highest BCUT2D eigenvalue weighted by Gasteiger charge is 2.45. The zero-order chi connectivity index (χ0) is 92.2. The Balaban J connectivity index is 0.000000124. The fourth-order valence-corrected chi connectivity index (χ4v) is 19.0. The van der Waals surface area contributed by atoms with Crippen LogP contribution in [-0.2, 0) is 127 Å². The first-order valence-electron chi connectivity index (χ1n) is 45.3. The van der Waals surface area contributed by atoms with Crippen molar-refractivity contribution < 1.29 is 91.1 Å². The van der Waals surface area contributed by atoms with E-state index < -0.39 is 36.2 Å². The van der Waals surface area contributed by atoms with Gasteiger partial charge in [-0.2, -0.15) is 15.0 Å². The Morgan fingerprint density at radius 1 is 0.361 bits per heavy atom. The minimum Gasteiger partial charge on any atom is -0.489 e. The van der Waals surface area contributed by atoms with E-state index in [-0.39, 0.29) is 95.6 Å². The summed E-state index contributed by atoms with van der Waals surface area (Å²) >= 11 is 0. The lowest BCUT2D eigenvalue weighted by atomic mass is 9.92. The molecule has 2 saturated heterocycles. The smallest absolute Gasteiger partial charge is 0.320 e. The molecule has 0 bridgehead atoms. The molecule has 5 atom stereocenters. The minimum absolute atomic E-state index is 0.0408. The van der Waals surface area contributed by atoms with Gasteiger partial charge in [-0.05, 0) is 145 Å². The third-order valence-electron chi connectivity index (χ3n) is 26.1. The molecule has 4 aliphatic carbocycles. The van der Waals surface area contributed by atoms with Crippen molar-refractivity contribution in [3.8, 4) is 23.0 Å². The summed E-state index contributed by atoms with van der Waals surface area (Å²) in [6.45, 7) is 9.96. The first-order chi connectivity index (χ1) is 64.6. The zero-order valence-corrected chi connectivity index (χ0v) is 73.7. The van der Waals surface area contributed by atoms with Crippen molar-refractivity contribution in [1.82, 2.24) is 59.4 Å². The van der Waals surface area contributed by atoms with E-state index in [4.69, 9.17) is 23.7 Å². The highest BCUT2D eigenvalue weighted by molar-refractivity contribution is 6.11. The van der Waals surface area contributed by atoms with Gasteiger partial charge in [0.2, 0.25) is 0 Å². The van der Waals surface area contributed by atoms with Crippen LogP contribution in [0.25, 0.3) is 0 Å². The number of carbonyl (C=O) groups is 13. The van der Waals surface area contributed by atoms with E-state index >= 15 is 0 Å². The molecule has 8 heterocycles. The summed E-state index contributed by atoms with van der Waals surface area (Å²) in [7, 11) is 0. The summed E-state index contributed by atoms with van der Waals surface area (Å²) < 4.78 is 31.6. The second kappa shape index (κ2) is 41.5. The molecule has 1 N–H and O–H groups in total. The van der Waals surface area contributed by atoms with Crippen LogP contribution in [-0.4, -0.2) is 203 Å². The molecule has 6 fully saturated rings. The number of carboxylic acids is 1. The number of hydrogen-bond acceptors (Lipinski definition) is 24. The minimum atomic E-state index is -0.763. The van der Waals surface area contributed by atoms with Crippen molar-refractivity contribution in [2.75, 3.05) is 32.8 Å². The predicted octanol–water partition coefficient (Wildman–Crippen LogP) is 11.2. The number of carboxylic acid groups (broad SMARTS) is 1. The summed E-state index contributed by atoms with van der Waals surface area (Å²) in [5.41, 5.74) is 14.0. The molecular weight excluding hydrogens is 1700 g/mol. The van der Waals surface area contributed by atoms with Crippen molar-refractivity contribution in [2.45, 2.75) is 205 Å². The largest absolute Gasteiger partial charge is 0.489 e.